The summed E-state index contributed by atoms with van der Waals surface area (Å²) in [5, 5.41) is 0. The zero-order chi connectivity index (χ0) is 18.3. The Labute approximate surface area is 150 Å². The first-order chi connectivity index (χ1) is 12.5. The van der Waals surface area contributed by atoms with Gasteiger partial charge in [0.05, 0.1) is 23.8 Å². The minimum Gasteiger partial charge on any atom is -0.457 e. The highest BCUT2D eigenvalue weighted by Gasteiger charge is 2.50. The maximum absolute atomic E-state index is 12.8. The number of imide groups is 1. The number of nitrogens with zero attached hydrogens (tertiary/aromatic N) is 1. The Morgan fingerprint density at radius 1 is 1.12 bits per heavy atom. The Balaban J connectivity index is 1.57. The van der Waals surface area contributed by atoms with Gasteiger partial charge < -0.3 is 9.15 Å². The van der Waals surface area contributed by atoms with Gasteiger partial charge in [0.2, 0.25) is 17.6 Å². The summed E-state index contributed by atoms with van der Waals surface area (Å²) in [4.78, 5) is 38.8. The molecule has 1 aromatic carbocycles. The van der Waals surface area contributed by atoms with Gasteiger partial charge in [0.1, 0.15) is 5.75 Å². The Morgan fingerprint density at radius 3 is 2.69 bits per heavy atom. The van der Waals surface area contributed by atoms with Gasteiger partial charge in [-0.25, -0.2) is 9.69 Å². The average molecular weight is 353 g/mol. The summed E-state index contributed by atoms with van der Waals surface area (Å²) in [6.45, 7) is 2.12. The molecule has 2 aromatic rings. The number of furan rings is 1. The molecule has 6 heteroatoms. The van der Waals surface area contributed by atoms with Gasteiger partial charge in [0, 0.05) is 6.07 Å². The molecule has 2 aliphatic rings. The van der Waals surface area contributed by atoms with Crippen LogP contribution in [-0.2, 0) is 9.59 Å². The summed E-state index contributed by atoms with van der Waals surface area (Å²) in [6, 6.07) is 9.58. The fourth-order valence-corrected chi connectivity index (χ4v) is 3.88. The van der Waals surface area contributed by atoms with Crippen molar-refractivity contribution in [2.24, 2.45) is 17.8 Å². The van der Waals surface area contributed by atoms with Crippen LogP contribution >= 0.6 is 0 Å². The number of carbonyl (C=O) groups excluding carboxylic acids is 3. The lowest BCUT2D eigenvalue weighted by molar-refractivity contribution is -0.122. The van der Waals surface area contributed by atoms with E-state index in [1.165, 1.54) is 23.3 Å². The first-order valence-electron chi connectivity index (χ1n) is 8.78. The van der Waals surface area contributed by atoms with E-state index < -0.39 is 5.97 Å². The SMILES string of the molecule is C[C@@H]1CC[C@H]2C(=O)N(c3cccc(OC(=O)c4ccco4)c3)C(=O)[C@H]2C1. The number of hydrogen-bond donors (Lipinski definition) is 0. The Bertz CT molecular complexity index is 857. The van der Waals surface area contributed by atoms with Crippen molar-refractivity contribution in [1.82, 2.24) is 0 Å². The third-order valence-electron chi connectivity index (χ3n) is 5.20. The molecule has 2 fully saturated rings. The van der Waals surface area contributed by atoms with Gasteiger partial charge in [-0.1, -0.05) is 13.0 Å². The van der Waals surface area contributed by atoms with E-state index in [9.17, 15) is 14.4 Å². The predicted octanol–water partition coefficient (Wildman–Crippen LogP) is 3.42. The van der Waals surface area contributed by atoms with Crippen LogP contribution in [0.3, 0.4) is 0 Å². The number of ether oxygens (including phenoxy) is 1. The number of amides is 2. The van der Waals surface area contributed by atoms with Crippen molar-refractivity contribution in [3.05, 3.63) is 48.4 Å². The summed E-state index contributed by atoms with van der Waals surface area (Å²) in [6.07, 6.45) is 3.85. The summed E-state index contributed by atoms with van der Waals surface area (Å²) >= 11 is 0. The summed E-state index contributed by atoms with van der Waals surface area (Å²) in [5.74, 6) is -0.602. The second kappa shape index (κ2) is 6.44. The van der Waals surface area contributed by atoms with E-state index in [2.05, 4.69) is 6.92 Å². The molecule has 2 heterocycles. The number of hydrogen-bond acceptors (Lipinski definition) is 5. The van der Waals surface area contributed by atoms with Crippen molar-refractivity contribution in [2.75, 3.05) is 4.90 Å². The third-order valence-corrected chi connectivity index (χ3v) is 5.20. The zero-order valence-electron chi connectivity index (χ0n) is 14.4. The molecule has 1 saturated carbocycles. The Morgan fingerprint density at radius 2 is 1.92 bits per heavy atom. The zero-order valence-corrected chi connectivity index (χ0v) is 14.4. The molecular weight excluding hydrogens is 334 g/mol. The second-order valence-electron chi connectivity index (χ2n) is 7.01. The molecule has 6 nitrogen and oxygen atoms in total. The van der Waals surface area contributed by atoms with E-state index >= 15 is 0 Å². The van der Waals surface area contributed by atoms with Crippen molar-refractivity contribution < 1.29 is 23.5 Å². The van der Waals surface area contributed by atoms with Crippen molar-refractivity contribution in [2.45, 2.75) is 26.2 Å². The van der Waals surface area contributed by atoms with E-state index in [-0.39, 0.29) is 35.2 Å². The molecule has 2 amide bonds. The van der Waals surface area contributed by atoms with Gasteiger partial charge in [-0.3, -0.25) is 9.59 Å². The smallest absolute Gasteiger partial charge is 0.379 e. The molecule has 4 rings (SSSR count). The fourth-order valence-electron chi connectivity index (χ4n) is 3.88. The molecule has 134 valence electrons. The van der Waals surface area contributed by atoms with Gasteiger partial charge in [-0.2, -0.15) is 0 Å². The number of carbonyl (C=O) groups is 3. The lowest BCUT2D eigenvalue weighted by Crippen LogP contribution is -2.30. The highest BCUT2D eigenvalue weighted by atomic mass is 16.5. The molecule has 1 aliphatic heterocycles. The average Bonchev–Trinajstić information content (AvgIpc) is 3.23. The van der Waals surface area contributed by atoms with Crippen LogP contribution in [0.4, 0.5) is 5.69 Å². The fraction of sp³-hybridized carbons (Fsp3) is 0.350. The Kier molecular flexibility index (Phi) is 4.11. The molecule has 1 saturated heterocycles. The predicted molar refractivity (Wildman–Crippen MR) is 92.6 cm³/mol. The van der Waals surface area contributed by atoms with Gasteiger partial charge in [-0.15, -0.1) is 0 Å². The van der Waals surface area contributed by atoms with Crippen LogP contribution in [0.25, 0.3) is 0 Å². The molecule has 0 spiro atoms. The number of rotatable bonds is 3. The van der Waals surface area contributed by atoms with E-state index in [0.29, 0.717) is 11.6 Å². The minimum absolute atomic E-state index is 0.0868. The van der Waals surface area contributed by atoms with Gasteiger partial charge in [0.15, 0.2) is 0 Å². The van der Waals surface area contributed by atoms with Gasteiger partial charge in [0.25, 0.3) is 0 Å². The quantitative estimate of drug-likeness (QED) is 0.480. The lowest BCUT2D eigenvalue weighted by atomic mass is 9.76. The van der Waals surface area contributed by atoms with Crippen LogP contribution in [0.2, 0.25) is 0 Å². The minimum atomic E-state index is -0.631. The highest BCUT2D eigenvalue weighted by Crippen LogP contribution is 2.42. The van der Waals surface area contributed by atoms with Crippen LogP contribution in [-0.4, -0.2) is 17.8 Å². The van der Waals surface area contributed by atoms with E-state index in [4.69, 9.17) is 9.15 Å². The summed E-state index contributed by atoms with van der Waals surface area (Å²) < 4.78 is 10.3. The van der Waals surface area contributed by atoms with Crippen LogP contribution in [0.1, 0.15) is 36.7 Å². The highest BCUT2D eigenvalue weighted by molar-refractivity contribution is 6.22. The molecule has 1 aliphatic carbocycles. The van der Waals surface area contributed by atoms with Crippen LogP contribution in [0.15, 0.2) is 47.1 Å². The molecular formula is C20H19NO5. The summed E-state index contributed by atoms with van der Waals surface area (Å²) in [5.41, 5.74) is 0.437. The van der Waals surface area contributed by atoms with Crippen LogP contribution in [0.5, 0.6) is 5.75 Å². The molecule has 0 bridgehead atoms. The van der Waals surface area contributed by atoms with E-state index in [0.717, 1.165) is 19.3 Å². The van der Waals surface area contributed by atoms with Crippen molar-refractivity contribution in [3.8, 4) is 5.75 Å². The van der Waals surface area contributed by atoms with E-state index in [1.54, 1.807) is 24.3 Å². The monoisotopic (exact) mass is 353 g/mol. The standard InChI is InChI=1S/C20H19NO5/c1-12-7-8-15-16(10-12)19(23)21(18(15)22)13-4-2-5-14(11-13)26-20(24)17-6-3-9-25-17/h2-6,9,11-12,15-16H,7-8,10H2,1H3/t12-,15-,16+/m1/s1. The second-order valence-corrected chi connectivity index (χ2v) is 7.01. The molecule has 0 N–H and O–H groups in total. The normalized spacial score (nSPS) is 25.3. The van der Waals surface area contributed by atoms with Crippen molar-refractivity contribution in [1.29, 1.82) is 0 Å². The largest absolute Gasteiger partial charge is 0.457 e. The topological polar surface area (TPSA) is 76.8 Å². The first-order valence-corrected chi connectivity index (χ1v) is 8.78. The summed E-state index contributed by atoms with van der Waals surface area (Å²) in [7, 11) is 0. The third kappa shape index (κ3) is 2.81. The van der Waals surface area contributed by atoms with Crippen LogP contribution < -0.4 is 9.64 Å². The van der Waals surface area contributed by atoms with Crippen molar-refractivity contribution >= 4 is 23.5 Å². The number of anilines is 1. The Hall–Kier alpha value is -2.89. The van der Waals surface area contributed by atoms with Gasteiger partial charge in [-0.05, 0) is 49.4 Å². The maximum atomic E-state index is 12.8. The van der Waals surface area contributed by atoms with Crippen LogP contribution in [0, 0.1) is 17.8 Å². The maximum Gasteiger partial charge on any atom is 0.379 e. The number of benzene rings is 1. The first kappa shape index (κ1) is 16.6. The number of fused-ring (bicyclic) bond motifs is 1. The lowest BCUT2D eigenvalue weighted by Gasteiger charge is -2.25. The van der Waals surface area contributed by atoms with E-state index in [1.807, 2.05) is 0 Å². The molecule has 3 atom stereocenters. The molecule has 26 heavy (non-hydrogen) atoms. The molecule has 1 aromatic heterocycles. The van der Waals surface area contributed by atoms with Gasteiger partial charge >= 0.3 is 5.97 Å². The molecule has 0 unspecified atom stereocenters. The number of esters is 1. The van der Waals surface area contributed by atoms with Crippen molar-refractivity contribution in [3.63, 3.8) is 0 Å². The molecule has 0 radical (unpaired) electrons.